The predicted molar refractivity (Wildman–Crippen MR) is 140 cm³/mol. The number of hydroxylamine groups is 2. The van der Waals surface area contributed by atoms with Crippen LogP contribution in [0.1, 0.15) is 37.2 Å². The molecule has 14 nitrogen and oxygen atoms in total. The molecule has 218 valence electrons. The number of rotatable bonds is 14. The fourth-order valence-corrected chi connectivity index (χ4v) is 3.91. The zero-order chi connectivity index (χ0) is 28.9. The maximum Gasteiger partial charge on any atom is 0.527 e. The van der Waals surface area contributed by atoms with Crippen molar-refractivity contribution in [3.8, 4) is 11.6 Å². The van der Waals surface area contributed by atoms with Gasteiger partial charge in [0, 0.05) is 32.2 Å². The third-order valence-corrected chi connectivity index (χ3v) is 5.86. The molecule has 2 aromatic rings. The first-order valence-corrected chi connectivity index (χ1v) is 13.1. The summed E-state index contributed by atoms with van der Waals surface area (Å²) in [7, 11) is 0. The first kappa shape index (κ1) is 30.4. The Morgan fingerprint density at radius 2 is 1.75 bits per heavy atom. The van der Waals surface area contributed by atoms with Gasteiger partial charge >= 0.3 is 12.1 Å². The highest BCUT2D eigenvalue weighted by molar-refractivity contribution is 5.96. The van der Waals surface area contributed by atoms with Crippen LogP contribution in [-0.4, -0.2) is 107 Å². The van der Waals surface area contributed by atoms with Crippen LogP contribution in [0.25, 0.3) is 5.69 Å². The Kier molecular flexibility index (Phi) is 11.7. The van der Waals surface area contributed by atoms with Crippen LogP contribution in [0.2, 0.25) is 0 Å². The van der Waals surface area contributed by atoms with Gasteiger partial charge in [0.25, 0.3) is 5.91 Å². The lowest BCUT2D eigenvalue weighted by molar-refractivity contribution is -0.157. The molecule has 2 amide bonds. The number of hydrogen-bond donors (Lipinski definition) is 2. The van der Waals surface area contributed by atoms with Gasteiger partial charge in [0.2, 0.25) is 11.8 Å². The lowest BCUT2D eigenvalue weighted by Gasteiger charge is -2.35. The molecule has 0 saturated carbocycles. The van der Waals surface area contributed by atoms with Crippen molar-refractivity contribution in [3.05, 3.63) is 42.1 Å². The lowest BCUT2D eigenvalue weighted by Crippen LogP contribution is -2.55. The maximum absolute atomic E-state index is 13.3. The minimum atomic E-state index is -1.11. The van der Waals surface area contributed by atoms with Crippen molar-refractivity contribution >= 4 is 23.9 Å². The number of aromatic nitrogens is 2. The molecule has 1 fully saturated rings. The molecule has 1 saturated heterocycles. The zero-order valence-corrected chi connectivity index (χ0v) is 22.6. The fourth-order valence-electron chi connectivity index (χ4n) is 3.91. The van der Waals surface area contributed by atoms with E-state index in [1.807, 2.05) is 25.1 Å². The van der Waals surface area contributed by atoms with E-state index in [1.54, 1.807) is 19.1 Å². The first-order valence-electron chi connectivity index (χ1n) is 13.1. The van der Waals surface area contributed by atoms with Crippen LogP contribution < -0.4 is 10.1 Å². The normalized spacial score (nSPS) is 14.3. The zero-order valence-electron chi connectivity index (χ0n) is 22.6. The van der Waals surface area contributed by atoms with E-state index in [0.29, 0.717) is 24.8 Å². The third-order valence-electron chi connectivity index (χ3n) is 5.86. The number of hydrogen-bond acceptors (Lipinski definition) is 10. The standard InChI is InChI=1S/C26H35N5O9/c1-3-37-16-17-39-22-18-21(28-31(22)19-8-6-5-7-9-19)24(34)27-20(10-11-23(32)33)25(35)29-12-14-30(15-13-29)40-26(36)38-4-2/h5-9,18,20H,3-4,10-17H2,1-2H3,(H,27,34)(H,32,33)/t20-/m0/s1. The molecule has 1 aromatic carbocycles. The van der Waals surface area contributed by atoms with Crippen LogP contribution in [-0.2, 0) is 23.9 Å². The molecule has 0 spiro atoms. The summed E-state index contributed by atoms with van der Waals surface area (Å²) in [5.74, 6) is -1.89. The van der Waals surface area contributed by atoms with E-state index in [1.165, 1.54) is 20.7 Å². The molecule has 2 N–H and O–H groups in total. The molecule has 0 unspecified atom stereocenters. The van der Waals surface area contributed by atoms with Gasteiger partial charge in [0.1, 0.15) is 12.6 Å². The van der Waals surface area contributed by atoms with Crippen LogP contribution in [0.3, 0.4) is 0 Å². The largest absolute Gasteiger partial charge is 0.527 e. The minimum absolute atomic E-state index is 0.00366. The van der Waals surface area contributed by atoms with Crippen LogP contribution in [0, 0.1) is 0 Å². The van der Waals surface area contributed by atoms with Crippen LogP contribution in [0.5, 0.6) is 5.88 Å². The van der Waals surface area contributed by atoms with Crippen LogP contribution in [0.15, 0.2) is 36.4 Å². The van der Waals surface area contributed by atoms with Crippen molar-refractivity contribution in [1.29, 1.82) is 0 Å². The summed E-state index contributed by atoms with van der Waals surface area (Å²) in [6.45, 7) is 5.70. The van der Waals surface area contributed by atoms with E-state index < -0.39 is 30.0 Å². The Labute approximate surface area is 231 Å². The molecular formula is C26H35N5O9. The molecule has 1 atom stereocenters. The Bertz CT molecular complexity index is 1130. The van der Waals surface area contributed by atoms with E-state index in [0.717, 1.165) is 0 Å². The lowest BCUT2D eigenvalue weighted by atomic mass is 10.1. The SMILES string of the molecule is CCOCCOc1cc(C(=O)N[C@@H](CCC(=O)O)C(=O)N2CCN(OC(=O)OCC)CC2)nn1-c1ccccc1. The maximum atomic E-state index is 13.3. The van der Waals surface area contributed by atoms with Gasteiger partial charge in [0.05, 0.1) is 32.0 Å². The molecule has 1 aliphatic rings. The van der Waals surface area contributed by atoms with Gasteiger partial charge in [-0.2, -0.15) is 5.10 Å². The number of piperazine rings is 1. The van der Waals surface area contributed by atoms with Gasteiger partial charge in [-0.25, -0.2) is 9.48 Å². The smallest absolute Gasteiger partial charge is 0.481 e. The first-order chi connectivity index (χ1) is 19.3. The second-order valence-corrected chi connectivity index (χ2v) is 8.65. The quantitative estimate of drug-likeness (QED) is 0.254. The van der Waals surface area contributed by atoms with Gasteiger partial charge < -0.3 is 34.4 Å². The highest BCUT2D eigenvalue weighted by Gasteiger charge is 2.31. The average Bonchev–Trinajstić information content (AvgIpc) is 3.38. The number of carboxylic acids is 1. The number of para-hydroxylation sites is 1. The number of benzene rings is 1. The van der Waals surface area contributed by atoms with E-state index in [9.17, 15) is 24.3 Å². The van der Waals surface area contributed by atoms with Crippen LogP contribution in [0.4, 0.5) is 4.79 Å². The number of nitrogens with zero attached hydrogens (tertiary/aromatic N) is 4. The monoisotopic (exact) mass is 561 g/mol. The van der Waals surface area contributed by atoms with Gasteiger partial charge in [-0.1, -0.05) is 18.2 Å². The predicted octanol–water partition coefficient (Wildman–Crippen LogP) is 1.48. The van der Waals surface area contributed by atoms with Gasteiger partial charge in [-0.3, -0.25) is 14.4 Å². The number of carbonyl (C=O) groups is 4. The Morgan fingerprint density at radius 3 is 2.40 bits per heavy atom. The number of amides is 2. The van der Waals surface area contributed by atoms with Crippen molar-refractivity contribution in [2.45, 2.75) is 32.7 Å². The summed E-state index contributed by atoms with van der Waals surface area (Å²) in [5, 5.41) is 17.6. The molecular weight excluding hydrogens is 526 g/mol. The van der Waals surface area contributed by atoms with Crippen molar-refractivity contribution in [2.75, 3.05) is 52.6 Å². The fraction of sp³-hybridized carbons (Fsp3) is 0.500. The molecule has 2 heterocycles. The number of ether oxygens (including phenoxy) is 3. The second-order valence-electron chi connectivity index (χ2n) is 8.65. The molecule has 1 aromatic heterocycles. The summed E-state index contributed by atoms with van der Waals surface area (Å²) in [6.07, 6.45) is -1.27. The number of nitrogens with one attached hydrogen (secondary N) is 1. The van der Waals surface area contributed by atoms with Crippen molar-refractivity contribution in [2.24, 2.45) is 0 Å². The Morgan fingerprint density at radius 1 is 1.02 bits per heavy atom. The molecule has 0 radical (unpaired) electrons. The number of carboxylic acid groups (broad SMARTS) is 1. The molecule has 40 heavy (non-hydrogen) atoms. The highest BCUT2D eigenvalue weighted by Crippen LogP contribution is 2.20. The number of aliphatic carboxylic acids is 1. The van der Waals surface area contributed by atoms with E-state index in [4.69, 9.17) is 19.0 Å². The molecule has 0 bridgehead atoms. The Hall–Kier alpha value is -4.17. The second kappa shape index (κ2) is 15.4. The van der Waals surface area contributed by atoms with Gasteiger partial charge in [-0.05, 0) is 32.4 Å². The Balaban J connectivity index is 1.71. The van der Waals surface area contributed by atoms with E-state index in [2.05, 4.69) is 10.4 Å². The number of carbonyl (C=O) groups excluding carboxylic acids is 3. The van der Waals surface area contributed by atoms with Gasteiger partial charge in [0.15, 0.2) is 5.69 Å². The topological polar surface area (TPSA) is 162 Å². The molecule has 14 heteroatoms. The van der Waals surface area contributed by atoms with Gasteiger partial charge in [-0.15, -0.1) is 5.06 Å². The van der Waals surface area contributed by atoms with E-state index in [-0.39, 0.29) is 57.9 Å². The molecule has 0 aliphatic carbocycles. The molecule has 3 rings (SSSR count). The third kappa shape index (κ3) is 8.95. The van der Waals surface area contributed by atoms with E-state index >= 15 is 0 Å². The highest BCUT2D eigenvalue weighted by atomic mass is 16.8. The van der Waals surface area contributed by atoms with Crippen molar-refractivity contribution < 1.29 is 43.3 Å². The van der Waals surface area contributed by atoms with Crippen molar-refractivity contribution in [3.63, 3.8) is 0 Å². The average molecular weight is 562 g/mol. The summed E-state index contributed by atoms with van der Waals surface area (Å²) < 4.78 is 17.3. The van der Waals surface area contributed by atoms with Crippen molar-refractivity contribution in [1.82, 2.24) is 25.1 Å². The minimum Gasteiger partial charge on any atom is -0.481 e. The summed E-state index contributed by atoms with van der Waals surface area (Å²) in [5.41, 5.74) is 0.658. The molecule has 1 aliphatic heterocycles. The summed E-state index contributed by atoms with van der Waals surface area (Å²) in [4.78, 5) is 55.9. The van der Waals surface area contributed by atoms with Crippen LogP contribution >= 0.6 is 0 Å². The summed E-state index contributed by atoms with van der Waals surface area (Å²) in [6, 6.07) is 9.43. The summed E-state index contributed by atoms with van der Waals surface area (Å²) >= 11 is 0.